The molecule has 0 aliphatic heterocycles. The van der Waals surface area contributed by atoms with Crippen LogP contribution in [-0.2, 0) is 16.0 Å². The van der Waals surface area contributed by atoms with E-state index in [1.165, 1.54) is 36.8 Å². The van der Waals surface area contributed by atoms with Gasteiger partial charge >= 0.3 is 5.97 Å². The minimum absolute atomic E-state index is 0.0510. The first-order valence-corrected chi connectivity index (χ1v) is 13.0. The molecule has 0 spiro atoms. The van der Waals surface area contributed by atoms with Gasteiger partial charge in [0.25, 0.3) is 0 Å². The highest BCUT2D eigenvalue weighted by molar-refractivity contribution is 5.72. The number of hydrogen-bond donors (Lipinski definition) is 0. The topological polar surface area (TPSA) is 50.1 Å². The van der Waals surface area contributed by atoms with E-state index in [1.807, 2.05) is 12.1 Å². The standard InChI is InChI=1S/C29H41NO2/c1-2-3-5-8-23-10-14-25(15-11-23)26-16-18-27(19-17-26)29(31)32-28-20-12-24(13-21-28)9-6-4-7-22-30/h4,7,10-11,14-15,24,26-28H,2-3,5-6,8-9,12-13,16-21H2,1H3/b7-4+/t24?,26-,27-,28?. The molecule has 2 aliphatic carbocycles. The summed E-state index contributed by atoms with van der Waals surface area (Å²) >= 11 is 0. The van der Waals surface area contributed by atoms with Gasteiger partial charge in [0.1, 0.15) is 6.10 Å². The molecule has 0 radical (unpaired) electrons. The molecule has 0 saturated heterocycles. The van der Waals surface area contributed by atoms with E-state index < -0.39 is 0 Å². The third-order valence-electron chi connectivity index (χ3n) is 7.59. The number of nitrogens with zero attached hydrogens (tertiary/aromatic N) is 1. The van der Waals surface area contributed by atoms with Crippen LogP contribution in [0.25, 0.3) is 0 Å². The summed E-state index contributed by atoms with van der Waals surface area (Å²) in [4.78, 5) is 12.7. The quantitative estimate of drug-likeness (QED) is 0.215. The average molecular weight is 436 g/mol. The first kappa shape index (κ1) is 24.6. The molecule has 174 valence electrons. The number of hydrogen-bond acceptors (Lipinski definition) is 3. The van der Waals surface area contributed by atoms with Gasteiger partial charge in [-0.3, -0.25) is 4.79 Å². The lowest BCUT2D eigenvalue weighted by atomic mass is 9.78. The molecule has 32 heavy (non-hydrogen) atoms. The lowest BCUT2D eigenvalue weighted by Gasteiger charge is -2.31. The van der Waals surface area contributed by atoms with Crippen LogP contribution in [0.2, 0.25) is 0 Å². The van der Waals surface area contributed by atoms with Gasteiger partial charge in [-0.1, -0.05) is 50.1 Å². The van der Waals surface area contributed by atoms with Gasteiger partial charge < -0.3 is 4.74 Å². The molecule has 3 nitrogen and oxygen atoms in total. The van der Waals surface area contributed by atoms with Crippen molar-refractivity contribution in [1.29, 1.82) is 5.26 Å². The fourth-order valence-corrected chi connectivity index (χ4v) is 5.46. The van der Waals surface area contributed by atoms with Crippen molar-refractivity contribution in [2.45, 2.75) is 109 Å². The van der Waals surface area contributed by atoms with Crippen molar-refractivity contribution in [3.05, 3.63) is 47.5 Å². The normalized spacial score (nSPS) is 26.0. The monoisotopic (exact) mass is 435 g/mol. The van der Waals surface area contributed by atoms with Gasteiger partial charge in [0.05, 0.1) is 12.0 Å². The predicted molar refractivity (Wildman–Crippen MR) is 130 cm³/mol. The van der Waals surface area contributed by atoms with Gasteiger partial charge in [0.2, 0.25) is 0 Å². The molecule has 1 aromatic rings. The van der Waals surface area contributed by atoms with E-state index in [9.17, 15) is 4.79 Å². The van der Waals surface area contributed by atoms with Gasteiger partial charge in [0, 0.05) is 6.08 Å². The van der Waals surface area contributed by atoms with Crippen molar-refractivity contribution in [3.63, 3.8) is 0 Å². The Hall–Kier alpha value is -2.08. The molecule has 2 saturated carbocycles. The van der Waals surface area contributed by atoms with Crippen LogP contribution in [0.5, 0.6) is 0 Å². The third-order valence-corrected chi connectivity index (χ3v) is 7.59. The molecule has 0 amide bonds. The summed E-state index contributed by atoms with van der Waals surface area (Å²) in [7, 11) is 0. The first-order valence-electron chi connectivity index (χ1n) is 13.0. The van der Waals surface area contributed by atoms with Crippen LogP contribution in [-0.4, -0.2) is 12.1 Å². The number of ether oxygens (including phenoxy) is 1. The number of nitriles is 1. The molecule has 0 N–H and O–H groups in total. The average Bonchev–Trinajstić information content (AvgIpc) is 2.83. The van der Waals surface area contributed by atoms with Gasteiger partial charge in [-0.2, -0.15) is 5.26 Å². The van der Waals surface area contributed by atoms with Crippen LogP contribution >= 0.6 is 0 Å². The summed E-state index contributed by atoms with van der Waals surface area (Å²) in [5.41, 5.74) is 2.90. The zero-order chi connectivity index (χ0) is 22.6. The summed E-state index contributed by atoms with van der Waals surface area (Å²) in [5, 5.41) is 8.56. The molecular weight excluding hydrogens is 394 g/mol. The molecule has 0 atom stereocenters. The minimum atomic E-state index is 0.0510. The van der Waals surface area contributed by atoms with E-state index in [1.54, 1.807) is 6.08 Å². The maximum absolute atomic E-state index is 12.7. The fourth-order valence-electron chi connectivity index (χ4n) is 5.46. The van der Waals surface area contributed by atoms with Crippen LogP contribution in [0.3, 0.4) is 0 Å². The lowest BCUT2D eigenvalue weighted by molar-refractivity contribution is -0.157. The molecule has 0 aromatic heterocycles. The smallest absolute Gasteiger partial charge is 0.309 e. The number of unbranched alkanes of at least 4 members (excludes halogenated alkanes) is 2. The van der Waals surface area contributed by atoms with Gasteiger partial charge in [-0.25, -0.2) is 0 Å². The van der Waals surface area contributed by atoms with Crippen molar-refractivity contribution < 1.29 is 9.53 Å². The van der Waals surface area contributed by atoms with Crippen molar-refractivity contribution in [2.24, 2.45) is 11.8 Å². The Balaban J connectivity index is 1.35. The molecule has 0 unspecified atom stereocenters. The fraction of sp³-hybridized carbons (Fsp3) is 0.655. The second-order valence-electron chi connectivity index (χ2n) is 9.94. The number of carbonyl (C=O) groups excluding carboxylic acids is 1. The van der Waals surface area contributed by atoms with E-state index in [2.05, 4.69) is 31.2 Å². The highest BCUT2D eigenvalue weighted by atomic mass is 16.5. The zero-order valence-corrected chi connectivity index (χ0v) is 19.9. The number of benzene rings is 1. The number of carbonyl (C=O) groups is 1. The maximum atomic E-state index is 12.7. The van der Waals surface area contributed by atoms with E-state index in [0.717, 1.165) is 64.2 Å². The minimum Gasteiger partial charge on any atom is -0.462 e. The highest BCUT2D eigenvalue weighted by Crippen LogP contribution is 2.37. The number of rotatable bonds is 10. The molecule has 0 heterocycles. The lowest BCUT2D eigenvalue weighted by Crippen LogP contribution is -2.29. The summed E-state index contributed by atoms with van der Waals surface area (Å²) in [6.07, 6.45) is 19.2. The highest BCUT2D eigenvalue weighted by Gasteiger charge is 2.31. The summed E-state index contributed by atoms with van der Waals surface area (Å²) in [5.74, 6) is 1.44. The Kier molecular flexibility index (Phi) is 10.3. The third kappa shape index (κ3) is 7.80. The van der Waals surface area contributed by atoms with E-state index in [0.29, 0.717) is 11.8 Å². The summed E-state index contributed by atoms with van der Waals surface area (Å²) in [6, 6.07) is 11.3. The van der Waals surface area contributed by atoms with Crippen molar-refractivity contribution in [3.8, 4) is 6.07 Å². The van der Waals surface area contributed by atoms with E-state index in [-0.39, 0.29) is 18.0 Å². The van der Waals surface area contributed by atoms with Crippen molar-refractivity contribution in [1.82, 2.24) is 0 Å². The van der Waals surface area contributed by atoms with Gasteiger partial charge in [-0.15, -0.1) is 0 Å². The summed E-state index contributed by atoms with van der Waals surface area (Å²) in [6.45, 7) is 2.25. The molecule has 1 aromatic carbocycles. The number of esters is 1. The predicted octanol–water partition coefficient (Wildman–Crippen LogP) is 7.66. The summed E-state index contributed by atoms with van der Waals surface area (Å²) < 4.78 is 5.93. The Morgan fingerprint density at radius 1 is 1.03 bits per heavy atom. The second-order valence-corrected chi connectivity index (χ2v) is 9.94. The maximum Gasteiger partial charge on any atom is 0.309 e. The first-order chi connectivity index (χ1) is 15.7. The van der Waals surface area contributed by atoms with E-state index >= 15 is 0 Å². The Labute approximate surface area is 195 Å². The molecule has 0 bridgehead atoms. The van der Waals surface area contributed by atoms with Crippen LogP contribution in [0, 0.1) is 23.2 Å². The zero-order valence-electron chi connectivity index (χ0n) is 19.9. The number of allylic oxidation sites excluding steroid dienone is 2. The van der Waals surface area contributed by atoms with Crippen molar-refractivity contribution >= 4 is 5.97 Å². The van der Waals surface area contributed by atoms with E-state index in [4.69, 9.17) is 10.00 Å². The second kappa shape index (κ2) is 13.5. The molecule has 2 aliphatic rings. The van der Waals surface area contributed by atoms with Crippen molar-refractivity contribution in [2.75, 3.05) is 0 Å². The molecular formula is C29H41NO2. The largest absolute Gasteiger partial charge is 0.462 e. The Bertz CT molecular complexity index is 744. The van der Waals surface area contributed by atoms with Crippen LogP contribution in [0.15, 0.2) is 36.4 Å². The molecule has 2 fully saturated rings. The number of aryl methyl sites for hydroxylation is 1. The van der Waals surface area contributed by atoms with Crippen LogP contribution < -0.4 is 0 Å². The van der Waals surface area contributed by atoms with Crippen LogP contribution in [0.1, 0.15) is 107 Å². The van der Waals surface area contributed by atoms with Gasteiger partial charge in [0.15, 0.2) is 0 Å². The Morgan fingerprint density at radius 2 is 1.75 bits per heavy atom. The van der Waals surface area contributed by atoms with Gasteiger partial charge in [-0.05, 0) is 100 Å². The Morgan fingerprint density at radius 3 is 2.41 bits per heavy atom. The van der Waals surface area contributed by atoms with Crippen LogP contribution in [0.4, 0.5) is 0 Å². The SMILES string of the molecule is CCCCCc1ccc([C@H]2CC[C@H](C(=O)OC3CCC(CC/C=C/C#N)CC3)CC2)cc1. The molecule has 3 rings (SSSR count). The molecule has 3 heteroatoms.